The van der Waals surface area contributed by atoms with Crippen LogP contribution in [0, 0.1) is 13.8 Å². The highest BCUT2D eigenvalue weighted by atomic mass is 79.9. The summed E-state index contributed by atoms with van der Waals surface area (Å²) >= 11 is 9.61. The Morgan fingerprint density at radius 3 is 2.30 bits per heavy atom. The zero-order valence-corrected chi connectivity index (χ0v) is 14.0. The topological polar surface area (TPSA) is 18.5 Å². The number of methoxy groups -OCH3 is 1. The maximum Gasteiger partial charge on any atom is 0.133 e. The van der Waals surface area contributed by atoms with E-state index >= 15 is 0 Å². The molecule has 106 valence electrons. The molecule has 0 saturated carbocycles. The fourth-order valence-corrected chi connectivity index (χ4v) is 2.65. The zero-order chi connectivity index (χ0) is 14.7. The standard InChI is InChI=1S/C16H16BrClO2/c1-10-6-13(7-11(2)16(10)18)20-9-12-4-5-15(19-3)14(17)8-12/h4-8H,9H2,1-3H3. The monoisotopic (exact) mass is 354 g/mol. The third kappa shape index (κ3) is 3.47. The van der Waals surface area contributed by atoms with E-state index < -0.39 is 0 Å². The van der Waals surface area contributed by atoms with Crippen molar-refractivity contribution in [1.82, 2.24) is 0 Å². The summed E-state index contributed by atoms with van der Waals surface area (Å²) in [6, 6.07) is 9.80. The lowest BCUT2D eigenvalue weighted by Gasteiger charge is -2.11. The molecule has 0 unspecified atom stereocenters. The second-order valence-corrected chi connectivity index (χ2v) is 5.86. The normalized spacial score (nSPS) is 10.4. The summed E-state index contributed by atoms with van der Waals surface area (Å²) in [6.07, 6.45) is 0. The fourth-order valence-electron chi connectivity index (χ4n) is 1.96. The third-order valence-electron chi connectivity index (χ3n) is 3.03. The van der Waals surface area contributed by atoms with Gasteiger partial charge in [0.15, 0.2) is 0 Å². The van der Waals surface area contributed by atoms with Crippen LogP contribution >= 0.6 is 27.5 Å². The number of hydrogen-bond donors (Lipinski definition) is 0. The van der Waals surface area contributed by atoms with Crippen LogP contribution in [0.5, 0.6) is 11.5 Å². The van der Waals surface area contributed by atoms with Crippen LogP contribution in [0.2, 0.25) is 5.02 Å². The van der Waals surface area contributed by atoms with Gasteiger partial charge in [-0.1, -0.05) is 17.7 Å². The van der Waals surface area contributed by atoms with Crippen LogP contribution in [-0.4, -0.2) is 7.11 Å². The summed E-state index contributed by atoms with van der Waals surface area (Å²) in [5, 5.41) is 0.796. The molecule has 2 rings (SSSR count). The first kappa shape index (κ1) is 15.2. The fraction of sp³-hybridized carbons (Fsp3) is 0.250. The number of benzene rings is 2. The summed E-state index contributed by atoms with van der Waals surface area (Å²) in [5.41, 5.74) is 3.12. The Morgan fingerprint density at radius 2 is 1.75 bits per heavy atom. The quantitative estimate of drug-likeness (QED) is 0.740. The molecule has 20 heavy (non-hydrogen) atoms. The Balaban J connectivity index is 2.11. The van der Waals surface area contributed by atoms with Crippen LogP contribution in [0.3, 0.4) is 0 Å². The van der Waals surface area contributed by atoms with Crippen LogP contribution in [-0.2, 0) is 6.61 Å². The third-order valence-corrected chi connectivity index (χ3v) is 4.25. The van der Waals surface area contributed by atoms with Gasteiger partial charge in [0.2, 0.25) is 0 Å². The molecule has 0 N–H and O–H groups in total. The average Bonchev–Trinajstić information content (AvgIpc) is 2.42. The first-order valence-corrected chi connectivity index (χ1v) is 7.40. The number of halogens is 2. The summed E-state index contributed by atoms with van der Waals surface area (Å²) in [6.45, 7) is 4.46. The summed E-state index contributed by atoms with van der Waals surface area (Å²) in [7, 11) is 1.65. The van der Waals surface area contributed by atoms with E-state index in [-0.39, 0.29) is 0 Å². The minimum Gasteiger partial charge on any atom is -0.496 e. The van der Waals surface area contributed by atoms with Crippen molar-refractivity contribution >= 4 is 27.5 Å². The molecule has 0 bridgehead atoms. The molecule has 4 heteroatoms. The van der Waals surface area contributed by atoms with Gasteiger partial charge in [-0.15, -0.1) is 0 Å². The SMILES string of the molecule is COc1ccc(COc2cc(C)c(Cl)c(C)c2)cc1Br. The molecule has 0 aliphatic rings. The smallest absolute Gasteiger partial charge is 0.133 e. The van der Waals surface area contributed by atoms with E-state index in [1.54, 1.807) is 7.11 Å². The van der Waals surface area contributed by atoms with Crippen LogP contribution in [0.25, 0.3) is 0 Å². The van der Waals surface area contributed by atoms with Gasteiger partial charge >= 0.3 is 0 Å². The molecule has 0 saturated heterocycles. The van der Waals surface area contributed by atoms with Crippen LogP contribution in [0.15, 0.2) is 34.8 Å². The number of ether oxygens (including phenoxy) is 2. The van der Waals surface area contributed by atoms with Gasteiger partial charge in [0.25, 0.3) is 0 Å². The molecular weight excluding hydrogens is 340 g/mol. The van der Waals surface area contributed by atoms with Gasteiger partial charge in [-0.05, 0) is 70.7 Å². The Morgan fingerprint density at radius 1 is 1.10 bits per heavy atom. The lowest BCUT2D eigenvalue weighted by Crippen LogP contribution is -1.97. The van der Waals surface area contributed by atoms with Crippen LogP contribution in [0.1, 0.15) is 16.7 Å². The summed E-state index contributed by atoms with van der Waals surface area (Å²) in [5.74, 6) is 1.64. The van der Waals surface area contributed by atoms with E-state index in [9.17, 15) is 0 Å². The molecule has 2 aromatic carbocycles. The predicted molar refractivity (Wildman–Crippen MR) is 86.0 cm³/mol. The number of rotatable bonds is 4. The zero-order valence-electron chi connectivity index (χ0n) is 11.7. The second kappa shape index (κ2) is 6.51. The molecule has 0 radical (unpaired) electrons. The molecule has 0 heterocycles. The van der Waals surface area contributed by atoms with Gasteiger partial charge in [0.1, 0.15) is 18.1 Å². The Bertz CT molecular complexity index is 603. The maximum atomic E-state index is 6.15. The van der Waals surface area contributed by atoms with Crippen molar-refractivity contribution in [2.75, 3.05) is 7.11 Å². The Hall–Kier alpha value is -1.19. The number of hydrogen-bond acceptors (Lipinski definition) is 2. The first-order chi connectivity index (χ1) is 9.51. The minimum absolute atomic E-state index is 0.503. The van der Waals surface area contributed by atoms with Gasteiger partial charge in [0, 0.05) is 5.02 Å². The molecule has 0 aromatic heterocycles. The second-order valence-electron chi connectivity index (χ2n) is 4.63. The van der Waals surface area contributed by atoms with Gasteiger partial charge < -0.3 is 9.47 Å². The van der Waals surface area contributed by atoms with E-state index in [0.29, 0.717) is 6.61 Å². The van der Waals surface area contributed by atoms with E-state index in [1.165, 1.54) is 0 Å². The van der Waals surface area contributed by atoms with Gasteiger partial charge in [-0.3, -0.25) is 0 Å². The van der Waals surface area contributed by atoms with E-state index in [2.05, 4.69) is 15.9 Å². The minimum atomic E-state index is 0.503. The molecule has 0 spiro atoms. The summed E-state index contributed by atoms with van der Waals surface area (Å²) in [4.78, 5) is 0. The molecule has 0 aliphatic carbocycles. The molecule has 0 aliphatic heterocycles. The molecule has 2 aromatic rings. The molecule has 0 fully saturated rings. The van der Waals surface area contributed by atoms with Gasteiger partial charge in [-0.2, -0.15) is 0 Å². The van der Waals surface area contributed by atoms with Crippen molar-refractivity contribution in [3.63, 3.8) is 0 Å². The van der Waals surface area contributed by atoms with Crippen molar-refractivity contribution in [2.24, 2.45) is 0 Å². The molecular formula is C16H16BrClO2. The summed E-state index contributed by atoms with van der Waals surface area (Å²) < 4.78 is 11.9. The van der Waals surface area contributed by atoms with E-state index in [1.807, 2.05) is 44.2 Å². The molecule has 0 amide bonds. The maximum absolute atomic E-state index is 6.15. The number of aryl methyl sites for hydroxylation is 2. The average molecular weight is 356 g/mol. The highest BCUT2D eigenvalue weighted by molar-refractivity contribution is 9.10. The Labute approximate surface area is 132 Å². The lowest BCUT2D eigenvalue weighted by atomic mass is 10.1. The highest BCUT2D eigenvalue weighted by Crippen LogP contribution is 2.28. The largest absolute Gasteiger partial charge is 0.496 e. The first-order valence-electron chi connectivity index (χ1n) is 6.23. The van der Waals surface area contributed by atoms with Crippen molar-refractivity contribution in [1.29, 1.82) is 0 Å². The van der Waals surface area contributed by atoms with Crippen molar-refractivity contribution < 1.29 is 9.47 Å². The predicted octanol–water partition coefficient (Wildman–Crippen LogP) is 5.31. The highest BCUT2D eigenvalue weighted by Gasteiger charge is 2.05. The molecule has 0 atom stereocenters. The van der Waals surface area contributed by atoms with Crippen LogP contribution in [0.4, 0.5) is 0 Å². The Kier molecular flexibility index (Phi) is 4.95. The van der Waals surface area contributed by atoms with E-state index in [4.69, 9.17) is 21.1 Å². The molecule has 2 nitrogen and oxygen atoms in total. The van der Waals surface area contributed by atoms with Gasteiger partial charge in [0.05, 0.1) is 11.6 Å². The lowest BCUT2D eigenvalue weighted by molar-refractivity contribution is 0.305. The van der Waals surface area contributed by atoms with Crippen molar-refractivity contribution in [3.8, 4) is 11.5 Å². The van der Waals surface area contributed by atoms with Crippen molar-refractivity contribution in [2.45, 2.75) is 20.5 Å². The van der Waals surface area contributed by atoms with E-state index in [0.717, 1.165) is 37.7 Å². The van der Waals surface area contributed by atoms with Crippen molar-refractivity contribution in [3.05, 3.63) is 56.5 Å². The van der Waals surface area contributed by atoms with Gasteiger partial charge in [-0.25, -0.2) is 0 Å². The van der Waals surface area contributed by atoms with Crippen LogP contribution < -0.4 is 9.47 Å².